The molecule has 0 amide bonds. The van der Waals surface area contributed by atoms with Crippen LogP contribution in [0.5, 0.6) is 0 Å². The van der Waals surface area contributed by atoms with Gasteiger partial charge >= 0.3 is 0 Å². The molecule has 0 radical (unpaired) electrons. The van der Waals surface area contributed by atoms with Crippen LogP contribution in [0.1, 0.15) is 25.0 Å². The zero-order valence-corrected chi connectivity index (χ0v) is 11.9. The molecule has 102 valence electrons. The molecule has 0 saturated heterocycles. The largest absolute Gasteiger partial charge is 0.354 e. The van der Waals surface area contributed by atoms with E-state index in [4.69, 9.17) is 9.47 Å². The maximum absolute atomic E-state index is 5.35. The molecule has 1 rings (SSSR count). The predicted molar refractivity (Wildman–Crippen MR) is 74.8 cm³/mol. The molecule has 1 aromatic rings. The molecular formula is C15H25NO2. The first-order chi connectivity index (χ1) is 8.74. The predicted octanol–water partition coefficient (Wildman–Crippen LogP) is 2.39. The first-order valence-electron chi connectivity index (χ1n) is 6.61. The lowest BCUT2D eigenvalue weighted by Crippen LogP contribution is -2.43. The van der Waals surface area contributed by atoms with Crippen LogP contribution < -0.4 is 5.32 Å². The Morgan fingerprint density at radius 2 is 1.56 bits per heavy atom. The van der Waals surface area contributed by atoms with Crippen LogP contribution in [0.25, 0.3) is 0 Å². The Labute approximate surface area is 110 Å². The van der Waals surface area contributed by atoms with Crippen molar-refractivity contribution in [2.75, 3.05) is 20.8 Å². The van der Waals surface area contributed by atoms with Crippen LogP contribution >= 0.6 is 0 Å². The number of benzene rings is 1. The highest BCUT2D eigenvalue weighted by molar-refractivity contribution is 5.23. The van der Waals surface area contributed by atoms with Crippen molar-refractivity contribution >= 4 is 0 Å². The summed E-state index contributed by atoms with van der Waals surface area (Å²) >= 11 is 0. The van der Waals surface area contributed by atoms with Gasteiger partial charge in [-0.1, -0.05) is 38.1 Å². The quantitative estimate of drug-likeness (QED) is 0.720. The molecular weight excluding hydrogens is 226 g/mol. The van der Waals surface area contributed by atoms with Gasteiger partial charge in [0.15, 0.2) is 6.29 Å². The van der Waals surface area contributed by atoms with E-state index in [1.165, 1.54) is 11.1 Å². The summed E-state index contributed by atoms with van der Waals surface area (Å²) in [6.07, 6.45) is 1.77. The SMILES string of the molecule is CCNC(Cc1ccc(CC)cc1)C(OC)OC. The van der Waals surface area contributed by atoms with Crippen LogP contribution in [-0.4, -0.2) is 33.1 Å². The molecule has 0 heterocycles. The summed E-state index contributed by atoms with van der Waals surface area (Å²) in [5.41, 5.74) is 2.67. The second-order valence-electron chi connectivity index (χ2n) is 4.38. The number of likely N-dealkylation sites (N-methyl/N-ethyl adjacent to an activating group) is 1. The molecule has 1 N–H and O–H groups in total. The second kappa shape index (κ2) is 8.25. The highest BCUT2D eigenvalue weighted by atomic mass is 16.7. The van der Waals surface area contributed by atoms with E-state index in [9.17, 15) is 0 Å². The van der Waals surface area contributed by atoms with E-state index in [0.717, 1.165) is 19.4 Å². The van der Waals surface area contributed by atoms with Crippen molar-refractivity contribution in [3.05, 3.63) is 35.4 Å². The minimum Gasteiger partial charge on any atom is -0.354 e. The topological polar surface area (TPSA) is 30.5 Å². The van der Waals surface area contributed by atoms with Crippen LogP contribution in [-0.2, 0) is 22.3 Å². The van der Waals surface area contributed by atoms with Crippen LogP contribution in [0, 0.1) is 0 Å². The van der Waals surface area contributed by atoms with Crippen molar-refractivity contribution in [2.24, 2.45) is 0 Å². The number of aryl methyl sites for hydroxylation is 1. The van der Waals surface area contributed by atoms with Gasteiger partial charge in [-0.15, -0.1) is 0 Å². The van der Waals surface area contributed by atoms with E-state index in [1.807, 2.05) is 0 Å². The molecule has 18 heavy (non-hydrogen) atoms. The molecule has 1 atom stereocenters. The van der Waals surface area contributed by atoms with Crippen LogP contribution in [0.4, 0.5) is 0 Å². The van der Waals surface area contributed by atoms with Gasteiger partial charge in [0.1, 0.15) is 0 Å². The fourth-order valence-electron chi connectivity index (χ4n) is 2.12. The van der Waals surface area contributed by atoms with Gasteiger partial charge in [-0.3, -0.25) is 0 Å². The molecule has 3 heteroatoms. The third kappa shape index (κ3) is 4.41. The van der Waals surface area contributed by atoms with E-state index in [0.29, 0.717) is 0 Å². The van der Waals surface area contributed by atoms with Crippen molar-refractivity contribution in [3.8, 4) is 0 Å². The van der Waals surface area contributed by atoms with Gasteiger partial charge in [0.25, 0.3) is 0 Å². The third-order valence-electron chi connectivity index (χ3n) is 3.15. The van der Waals surface area contributed by atoms with E-state index in [1.54, 1.807) is 14.2 Å². The van der Waals surface area contributed by atoms with Gasteiger partial charge in [-0.05, 0) is 30.5 Å². The van der Waals surface area contributed by atoms with Crippen LogP contribution in [0.3, 0.4) is 0 Å². The molecule has 0 aliphatic carbocycles. The zero-order chi connectivity index (χ0) is 13.4. The summed E-state index contributed by atoms with van der Waals surface area (Å²) in [7, 11) is 3.36. The average Bonchev–Trinajstić information content (AvgIpc) is 2.41. The van der Waals surface area contributed by atoms with Gasteiger partial charge in [0, 0.05) is 14.2 Å². The van der Waals surface area contributed by atoms with Gasteiger partial charge < -0.3 is 14.8 Å². The number of nitrogens with one attached hydrogen (secondary N) is 1. The van der Waals surface area contributed by atoms with Crippen molar-refractivity contribution < 1.29 is 9.47 Å². The molecule has 0 fully saturated rings. The Kier molecular flexibility index (Phi) is 6.94. The molecule has 0 saturated carbocycles. The Bertz CT molecular complexity index is 320. The van der Waals surface area contributed by atoms with Crippen molar-refractivity contribution in [1.29, 1.82) is 0 Å². The standard InChI is InChI=1S/C15H25NO2/c1-5-12-7-9-13(10-8-12)11-14(16-6-2)15(17-3)18-4/h7-10,14-16H,5-6,11H2,1-4H3. The lowest BCUT2D eigenvalue weighted by Gasteiger charge is -2.25. The van der Waals surface area contributed by atoms with Crippen molar-refractivity contribution in [1.82, 2.24) is 5.32 Å². The smallest absolute Gasteiger partial charge is 0.172 e. The number of methoxy groups -OCH3 is 2. The molecule has 0 aromatic heterocycles. The summed E-state index contributed by atoms with van der Waals surface area (Å²) in [4.78, 5) is 0. The Balaban J connectivity index is 2.69. The van der Waals surface area contributed by atoms with Crippen LogP contribution in [0.15, 0.2) is 24.3 Å². The minimum absolute atomic E-state index is 0.178. The maximum Gasteiger partial charge on any atom is 0.172 e. The summed E-state index contributed by atoms with van der Waals surface area (Å²) in [5.74, 6) is 0. The Hall–Kier alpha value is -0.900. The number of hydrogen-bond donors (Lipinski definition) is 1. The maximum atomic E-state index is 5.35. The van der Waals surface area contributed by atoms with Gasteiger partial charge in [-0.2, -0.15) is 0 Å². The summed E-state index contributed by atoms with van der Waals surface area (Å²) in [6, 6.07) is 8.93. The Morgan fingerprint density at radius 1 is 1.00 bits per heavy atom. The van der Waals surface area contributed by atoms with Gasteiger partial charge in [0.05, 0.1) is 6.04 Å². The fraction of sp³-hybridized carbons (Fsp3) is 0.600. The monoisotopic (exact) mass is 251 g/mol. The molecule has 0 bridgehead atoms. The third-order valence-corrected chi connectivity index (χ3v) is 3.15. The molecule has 0 spiro atoms. The van der Waals surface area contributed by atoms with Crippen LogP contribution in [0.2, 0.25) is 0 Å². The zero-order valence-electron chi connectivity index (χ0n) is 11.9. The first-order valence-corrected chi connectivity index (χ1v) is 6.61. The van der Waals surface area contributed by atoms with Gasteiger partial charge in [-0.25, -0.2) is 0 Å². The highest BCUT2D eigenvalue weighted by Crippen LogP contribution is 2.11. The van der Waals surface area contributed by atoms with Gasteiger partial charge in [0.2, 0.25) is 0 Å². The lowest BCUT2D eigenvalue weighted by atomic mass is 10.0. The number of rotatable bonds is 8. The van der Waals surface area contributed by atoms with E-state index < -0.39 is 0 Å². The second-order valence-corrected chi connectivity index (χ2v) is 4.38. The summed E-state index contributed by atoms with van der Waals surface area (Å²) in [5, 5.41) is 3.41. The molecule has 0 aliphatic rings. The fourth-order valence-corrected chi connectivity index (χ4v) is 2.12. The lowest BCUT2D eigenvalue weighted by molar-refractivity contribution is -0.122. The highest BCUT2D eigenvalue weighted by Gasteiger charge is 2.20. The van der Waals surface area contributed by atoms with Crippen molar-refractivity contribution in [2.45, 2.75) is 39.0 Å². The minimum atomic E-state index is -0.212. The van der Waals surface area contributed by atoms with E-state index in [-0.39, 0.29) is 12.3 Å². The number of hydrogen-bond acceptors (Lipinski definition) is 3. The molecule has 3 nitrogen and oxygen atoms in total. The summed E-state index contributed by atoms with van der Waals surface area (Å²) < 4.78 is 10.7. The normalized spacial score (nSPS) is 12.9. The molecule has 1 aromatic carbocycles. The first kappa shape index (κ1) is 15.2. The molecule has 0 aliphatic heterocycles. The number of ether oxygens (including phenoxy) is 2. The average molecular weight is 251 g/mol. The van der Waals surface area contributed by atoms with E-state index in [2.05, 4.69) is 43.4 Å². The Morgan fingerprint density at radius 3 is 2.00 bits per heavy atom. The van der Waals surface area contributed by atoms with Crippen molar-refractivity contribution in [3.63, 3.8) is 0 Å². The summed E-state index contributed by atoms with van der Waals surface area (Å²) in [6.45, 7) is 5.17. The molecule has 1 unspecified atom stereocenters. The van der Waals surface area contributed by atoms with E-state index >= 15 is 0 Å².